The second-order valence-corrected chi connectivity index (χ2v) is 5.91. The van der Waals surface area contributed by atoms with Gasteiger partial charge in [0.05, 0.1) is 12.6 Å². The van der Waals surface area contributed by atoms with E-state index in [-0.39, 0.29) is 24.4 Å². The highest BCUT2D eigenvalue weighted by molar-refractivity contribution is 5.96. The van der Waals surface area contributed by atoms with E-state index in [4.69, 9.17) is 0 Å². The Morgan fingerprint density at radius 3 is 2.32 bits per heavy atom. The monoisotopic (exact) mass is 339 g/mol. The molecule has 0 aliphatic carbocycles. The van der Waals surface area contributed by atoms with E-state index in [9.17, 15) is 9.59 Å². The lowest BCUT2D eigenvalue weighted by atomic mass is 10.1. The van der Waals surface area contributed by atoms with Crippen LogP contribution in [0.1, 0.15) is 42.2 Å². The minimum atomic E-state index is -0.140. The van der Waals surface area contributed by atoms with Gasteiger partial charge in [-0.1, -0.05) is 37.3 Å². The number of anilines is 1. The first-order chi connectivity index (χ1) is 12.1. The van der Waals surface area contributed by atoms with Crippen molar-refractivity contribution >= 4 is 17.5 Å². The average molecular weight is 339 g/mol. The van der Waals surface area contributed by atoms with Gasteiger partial charge >= 0.3 is 0 Å². The summed E-state index contributed by atoms with van der Waals surface area (Å²) in [6.07, 6.45) is 0.985. The Morgan fingerprint density at radius 2 is 1.68 bits per heavy atom. The van der Waals surface area contributed by atoms with Gasteiger partial charge < -0.3 is 16.0 Å². The van der Waals surface area contributed by atoms with E-state index in [0.717, 1.165) is 18.5 Å². The van der Waals surface area contributed by atoms with Crippen LogP contribution < -0.4 is 16.0 Å². The number of carbonyl (C=O) groups excluding carboxylic acids is 2. The normalized spacial score (nSPS) is 11.6. The Labute approximate surface area is 148 Å². The van der Waals surface area contributed by atoms with Gasteiger partial charge in [0.15, 0.2) is 0 Å². The highest BCUT2D eigenvalue weighted by atomic mass is 16.2. The summed E-state index contributed by atoms with van der Waals surface area (Å²) in [5, 5.41) is 8.82. The summed E-state index contributed by atoms with van der Waals surface area (Å²) in [5.41, 5.74) is 2.29. The predicted octanol–water partition coefficient (Wildman–Crippen LogP) is 3.12. The summed E-state index contributed by atoms with van der Waals surface area (Å²) in [5.74, 6) is -0.234. The Hall–Kier alpha value is -2.66. The molecular weight excluding hydrogens is 314 g/mol. The van der Waals surface area contributed by atoms with Crippen molar-refractivity contribution < 1.29 is 9.59 Å². The molecule has 0 fully saturated rings. The number of hydrogen-bond acceptors (Lipinski definition) is 3. The number of carbonyl (C=O) groups is 2. The summed E-state index contributed by atoms with van der Waals surface area (Å²) in [6.45, 7) is 5.09. The first kappa shape index (κ1) is 18.7. The van der Waals surface area contributed by atoms with Crippen molar-refractivity contribution in [2.45, 2.75) is 26.3 Å². The van der Waals surface area contributed by atoms with Crippen molar-refractivity contribution in [1.82, 2.24) is 10.6 Å². The van der Waals surface area contributed by atoms with Crippen molar-refractivity contribution in [2.24, 2.45) is 0 Å². The van der Waals surface area contributed by atoms with Gasteiger partial charge in [-0.2, -0.15) is 0 Å². The van der Waals surface area contributed by atoms with Crippen LogP contribution in [0.4, 0.5) is 5.69 Å². The third-order valence-electron chi connectivity index (χ3n) is 3.79. The highest BCUT2D eigenvalue weighted by Crippen LogP contribution is 2.14. The first-order valence-corrected chi connectivity index (χ1v) is 8.56. The predicted molar refractivity (Wildman–Crippen MR) is 101 cm³/mol. The molecule has 2 rings (SSSR count). The summed E-state index contributed by atoms with van der Waals surface area (Å²) in [4.78, 5) is 24.1. The van der Waals surface area contributed by atoms with Gasteiger partial charge in [-0.15, -0.1) is 0 Å². The van der Waals surface area contributed by atoms with Gasteiger partial charge in [0, 0.05) is 11.3 Å². The maximum atomic E-state index is 12.3. The molecule has 25 heavy (non-hydrogen) atoms. The summed E-state index contributed by atoms with van der Waals surface area (Å²) >= 11 is 0. The molecule has 0 aliphatic rings. The number of benzene rings is 2. The zero-order valence-electron chi connectivity index (χ0n) is 14.7. The molecule has 3 N–H and O–H groups in total. The molecule has 2 aromatic rings. The van der Waals surface area contributed by atoms with Crippen molar-refractivity contribution in [1.29, 1.82) is 0 Å². The van der Waals surface area contributed by atoms with Gasteiger partial charge in [-0.3, -0.25) is 9.59 Å². The molecule has 0 heterocycles. The van der Waals surface area contributed by atoms with Crippen LogP contribution in [0.5, 0.6) is 0 Å². The molecule has 0 aromatic heterocycles. The van der Waals surface area contributed by atoms with Gasteiger partial charge in [0.1, 0.15) is 0 Å². The molecule has 0 bridgehead atoms. The SMILES string of the molecule is CCCNCC(=O)Nc1ccc(C(=O)NC(C)c2ccccc2)cc1. The van der Waals surface area contributed by atoms with Crippen LogP contribution in [-0.4, -0.2) is 24.9 Å². The van der Waals surface area contributed by atoms with Crippen molar-refractivity contribution in [2.75, 3.05) is 18.4 Å². The van der Waals surface area contributed by atoms with Crippen LogP contribution in [0.2, 0.25) is 0 Å². The molecule has 0 saturated heterocycles. The summed E-state index contributed by atoms with van der Waals surface area (Å²) in [7, 11) is 0. The van der Waals surface area contributed by atoms with Gasteiger partial charge in [-0.05, 0) is 49.7 Å². The summed E-state index contributed by atoms with van der Waals surface area (Å²) < 4.78 is 0. The number of nitrogens with one attached hydrogen (secondary N) is 3. The van der Waals surface area contributed by atoms with Crippen LogP contribution in [0.3, 0.4) is 0 Å². The van der Waals surface area contributed by atoms with Gasteiger partial charge in [-0.25, -0.2) is 0 Å². The summed E-state index contributed by atoms with van der Waals surface area (Å²) in [6, 6.07) is 16.6. The van der Waals surface area contributed by atoms with E-state index in [1.807, 2.05) is 44.2 Å². The molecule has 2 amide bonds. The second-order valence-electron chi connectivity index (χ2n) is 5.91. The lowest BCUT2D eigenvalue weighted by Gasteiger charge is -2.14. The third-order valence-corrected chi connectivity index (χ3v) is 3.79. The fourth-order valence-corrected chi connectivity index (χ4v) is 2.39. The van der Waals surface area contributed by atoms with Gasteiger partial charge in [0.2, 0.25) is 5.91 Å². The van der Waals surface area contributed by atoms with E-state index in [0.29, 0.717) is 11.3 Å². The molecule has 0 spiro atoms. The first-order valence-electron chi connectivity index (χ1n) is 8.56. The molecule has 5 heteroatoms. The van der Waals surface area contributed by atoms with Crippen molar-refractivity contribution in [3.63, 3.8) is 0 Å². The number of amides is 2. The molecule has 1 unspecified atom stereocenters. The Bertz CT molecular complexity index is 684. The zero-order valence-corrected chi connectivity index (χ0v) is 14.7. The third kappa shape index (κ3) is 6.04. The highest BCUT2D eigenvalue weighted by Gasteiger charge is 2.11. The lowest BCUT2D eigenvalue weighted by Crippen LogP contribution is -2.28. The van der Waals surface area contributed by atoms with Crippen molar-refractivity contribution in [3.8, 4) is 0 Å². The molecule has 1 atom stereocenters. The van der Waals surface area contributed by atoms with E-state index in [1.165, 1.54) is 0 Å². The fourth-order valence-electron chi connectivity index (χ4n) is 2.39. The minimum Gasteiger partial charge on any atom is -0.346 e. The minimum absolute atomic E-state index is 0.0716. The van der Waals surface area contributed by atoms with E-state index >= 15 is 0 Å². The zero-order chi connectivity index (χ0) is 18.1. The molecule has 132 valence electrons. The quantitative estimate of drug-likeness (QED) is 0.647. The van der Waals surface area contributed by atoms with Crippen LogP contribution in [0, 0.1) is 0 Å². The van der Waals surface area contributed by atoms with Crippen LogP contribution in [0.25, 0.3) is 0 Å². The molecule has 0 aliphatic heterocycles. The number of hydrogen-bond donors (Lipinski definition) is 3. The lowest BCUT2D eigenvalue weighted by molar-refractivity contribution is -0.115. The average Bonchev–Trinajstić information content (AvgIpc) is 2.63. The Kier molecular flexibility index (Phi) is 7.16. The maximum Gasteiger partial charge on any atom is 0.251 e. The maximum absolute atomic E-state index is 12.3. The fraction of sp³-hybridized carbons (Fsp3) is 0.300. The van der Waals surface area contributed by atoms with Crippen LogP contribution in [-0.2, 0) is 4.79 Å². The number of rotatable bonds is 8. The van der Waals surface area contributed by atoms with E-state index in [1.54, 1.807) is 24.3 Å². The van der Waals surface area contributed by atoms with E-state index < -0.39 is 0 Å². The molecule has 2 aromatic carbocycles. The van der Waals surface area contributed by atoms with Gasteiger partial charge in [0.25, 0.3) is 5.91 Å². The smallest absolute Gasteiger partial charge is 0.251 e. The second kappa shape index (κ2) is 9.59. The molecule has 5 nitrogen and oxygen atoms in total. The standard InChI is InChI=1S/C20H25N3O2/c1-3-13-21-14-19(24)23-18-11-9-17(10-12-18)20(25)22-15(2)16-7-5-4-6-8-16/h4-12,15,21H,3,13-14H2,1-2H3,(H,22,25)(H,23,24). The van der Waals surface area contributed by atoms with E-state index in [2.05, 4.69) is 16.0 Å². The molecular formula is C20H25N3O2. The van der Waals surface area contributed by atoms with Crippen molar-refractivity contribution in [3.05, 3.63) is 65.7 Å². The van der Waals surface area contributed by atoms with Crippen LogP contribution in [0.15, 0.2) is 54.6 Å². The largest absolute Gasteiger partial charge is 0.346 e. The Balaban J connectivity index is 1.88. The topological polar surface area (TPSA) is 70.2 Å². The Morgan fingerprint density at radius 1 is 1.00 bits per heavy atom. The van der Waals surface area contributed by atoms with Crippen LogP contribution >= 0.6 is 0 Å². The molecule has 0 saturated carbocycles. The molecule has 0 radical (unpaired) electrons.